The van der Waals surface area contributed by atoms with Crippen molar-refractivity contribution >= 4 is 18.3 Å². The van der Waals surface area contributed by atoms with Crippen LogP contribution in [0.25, 0.3) is 6.08 Å². The number of aliphatic hydroxyl groups excluding tert-OH is 1. The number of ether oxygens (including phenoxy) is 2. The Hall–Kier alpha value is -2.64. The first-order valence-electron chi connectivity index (χ1n) is 10.8. The molecule has 1 heterocycles. The van der Waals surface area contributed by atoms with Crippen LogP contribution in [0.4, 0.5) is 0 Å². The maximum Gasteiger partial charge on any atom is 0.302 e. The van der Waals surface area contributed by atoms with Crippen LogP contribution in [-0.4, -0.2) is 44.9 Å². The highest BCUT2D eigenvalue weighted by Gasteiger charge is 2.31. The average molecular weight is 447 g/mol. The SMILES string of the molecule is CC(=O)OCc1cc(O)c2c(c1C=O)O[C@@](C)(CC/C=C(/C)CC[C@@H](O)C(C)(C)O)C=C2. The zero-order valence-corrected chi connectivity index (χ0v) is 19.5. The fourth-order valence-corrected chi connectivity index (χ4v) is 3.51. The molecule has 2 rings (SSSR count). The number of aldehydes is 1. The Morgan fingerprint density at radius 1 is 1.34 bits per heavy atom. The molecule has 0 spiro atoms. The number of carbonyl (C=O) groups is 2. The number of phenolic OH excluding ortho intramolecular Hbond substituents is 1. The summed E-state index contributed by atoms with van der Waals surface area (Å²) in [6, 6.07) is 1.41. The van der Waals surface area contributed by atoms with Crippen LogP contribution in [0.15, 0.2) is 23.8 Å². The molecular weight excluding hydrogens is 412 g/mol. The molecule has 0 amide bonds. The first kappa shape index (κ1) is 25.6. The molecule has 7 nitrogen and oxygen atoms in total. The van der Waals surface area contributed by atoms with E-state index in [2.05, 4.69) is 6.08 Å². The number of hydrogen-bond donors (Lipinski definition) is 3. The molecule has 1 aromatic carbocycles. The summed E-state index contributed by atoms with van der Waals surface area (Å²) < 4.78 is 11.2. The van der Waals surface area contributed by atoms with E-state index in [-0.39, 0.29) is 23.7 Å². The summed E-state index contributed by atoms with van der Waals surface area (Å²) in [5, 5.41) is 30.2. The minimum absolute atomic E-state index is 0.0489. The monoisotopic (exact) mass is 446 g/mol. The lowest BCUT2D eigenvalue weighted by Gasteiger charge is -2.33. The molecular formula is C25H34O7. The Labute approximate surface area is 189 Å². The van der Waals surface area contributed by atoms with Crippen molar-refractivity contribution in [3.63, 3.8) is 0 Å². The third kappa shape index (κ3) is 6.68. The van der Waals surface area contributed by atoms with Crippen LogP contribution in [0.2, 0.25) is 0 Å². The van der Waals surface area contributed by atoms with Crippen molar-refractivity contribution in [1.29, 1.82) is 0 Å². The standard InChI is InChI=1S/C25H34O7/c1-16(8-9-22(29)24(3,4)30)7-6-11-25(5)12-10-19-21(28)13-18(15-31-17(2)27)20(14-26)23(19)32-25/h7,10,12-14,22,28-30H,6,8-9,11,15H2,1-5H3/b16-7-/t22-,25+/m1/s1. The molecule has 32 heavy (non-hydrogen) atoms. The topological polar surface area (TPSA) is 113 Å². The molecule has 7 heteroatoms. The van der Waals surface area contributed by atoms with Crippen LogP contribution in [0.3, 0.4) is 0 Å². The molecule has 0 aliphatic carbocycles. The number of aliphatic hydroxyl groups is 2. The molecule has 0 bridgehead atoms. The van der Waals surface area contributed by atoms with E-state index >= 15 is 0 Å². The van der Waals surface area contributed by atoms with E-state index in [1.54, 1.807) is 19.9 Å². The second-order valence-corrected chi connectivity index (χ2v) is 9.15. The number of phenols is 1. The summed E-state index contributed by atoms with van der Waals surface area (Å²) in [6.45, 7) is 8.20. The van der Waals surface area contributed by atoms with Gasteiger partial charge in [0.2, 0.25) is 0 Å². The van der Waals surface area contributed by atoms with Gasteiger partial charge in [-0.3, -0.25) is 9.59 Å². The van der Waals surface area contributed by atoms with Gasteiger partial charge in [-0.05, 0) is 71.6 Å². The summed E-state index contributed by atoms with van der Waals surface area (Å²) >= 11 is 0. The van der Waals surface area contributed by atoms with Crippen molar-refractivity contribution < 1.29 is 34.4 Å². The van der Waals surface area contributed by atoms with Gasteiger partial charge in [0, 0.05) is 12.5 Å². The predicted molar refractivity (Wildman–Crippen MR) is 122 cm³/mol. The first-order chi connectivity index (χ1) is 14.9. The van der Waals surface area contributed by atoms with E-state index in [1.807, 2.05) is 19.9 Å². The minimum Gasteiger partial charge on any atom is -0.507 e. The highest BCUT2D eigenvalue weighted by Crippen LogP contribution is 2.42. The quantitative estimate of drug-likeness (QED) is 0.282. The second-order valence-electron chi connectivity index (χ2n) is 9.15. The number of rotatable bonds is 10. The molecule has 0 saturated heterocycles. The van der Waals surface area contributed by atoms with Gasteiger partial charge in [-0.25, -0.2) is 0 Å². The summed E-state index contributed by atoms with van der Waals surface area (Å²) in [4.78, 5) is 22.9. The summed E-state index contributed by atoms with van der Waals surface area (Å²) in [6.07, 6.45) is 8.00. The fraction of sp³-hybridized carbons (Fsp3) is 0.520. The molecule has 0 radical (unpaired) electrons. The lowest BCUT2D eigenvalue weighted by Crippen LogP contribution is -2.35. The highest BCUT2D eigenvalue weighted by molar-refractivity contribution is 5.87. The molecule has 1 aromatic rings. The Morgan fingerprint density at radius 3 is 2.62 bits per heavy atom. The third-order valence-corrected chi connectivity index (χ3v) is 5.67. The van der Waals surface area contributed by atoms with Gasteiger partial charge in [0.25, 0.3) is 0 Å². The lowest BCUT2D eigenvalue weighted by molar-refractivity contribution is -0.142. The van der Waals surface area contributed by atoms with Crippen LogP contribution < -0.4 is 4.74 Å². The summed E-state index contributed by atoms with van der Waals surface area (Å²) in [5.41, 5.74) is 0.334. The van der Waals surface area contributed by atoms with Gasteiger partial charge in [-0.15, -0.1) is 0 Å². The maximum atomic E-state index is 11.8. The number of benzene rings is 1. The van der Waals surface area contributed by atoms with Gasteiger partial charge in [-0.2, -0.15) is 0 Å². The van der Waals surface area contributed by atoms with Gasteiger partial charge in [0.05, 0.1) is 22.8 Å². The number of allylic oxidation sites excluding steroid dienone is 2. The minimum atomic E-state index is -1.13. The van der Waals surface area contributed by atoms with Crippen LogP contribution in [-0.2, 0) is 16.1 Å². The van der Waals surface area contributed by atoms with Crippen LogP contribution in [0.1, 0.15) is 81.8 Å². The van der Waals surface area contributed by atoms with Gasteiger partial charge < -0.3 is 24.8 Å². The van der Waals surface area contributed by atoms with E-state index in [4.69, 9.17) is 9.47 Å². The fourth-order valence-electron chi connectivity index (χ4n) is 3.51. The predicted octanol–water partition coefficient (Wildman–Crippen LogP) is 4.07. The number of carbonyl (C=O) groups excluding carboxylic acids is 2. The van der Waals surface area contributed by atoms with Crippen LogP contribution in [0.5, 0.6) is 11.5 Å². The van der Waals surface area contributed by atoms with Gasteiger partial charge in [0.1, 0.15) is 23.7 Å². The highest BCUT2D eigenvalue weighted by atomic mass is 16.5. The zero-order chi connectivity index (χ0) is 24.1. The van der Waals surface area contributed by atoms with E-state index in [0.717, 1.165) is 5.57 Å². The maximum absolute atomic E-state index is 11.8. The molecule has 0 fully saturated rings. The molecule has 0 unspecified atom stereocenters. The largest absolute Gasteiger partial charge is 0.507 e. The van der Waals surface area contributed by atoms with E-state index in [1.165, 1.54) is 13.0 Å². The van der Waals surface area contributed by atoms with Gasteiger partial charge in [0.15, 0.2) is 6.29 Å². The molecule has 176 valence electrons. The Morgan fingerprint density at radius 2 is 2.03 bits per heavy atom. The van der Waals surface area contributed by atoms with Crippen LogP contribution >= 0.6 is 0 Å². The van der Waals surface area contributed by atoms with E-state index in [9.17, 15) is 24.9 Å². The van der Waals surface area contributed by atoms with Crippen molar-refractivity contribution in [1.82, 2.24) is 0 Å². The Balaban J connectivity index is 2.10. The third-order valence-electron chi connectivity index (χ3n) is 5.67. The number of hydrogen-bond acceptors (Lipinski definition) is 7. The van der Waals surface area contributed by atoms with Crippen molar-refractivity contribution in [2.45, 2.75) is 84.2 Å². The van der Waals surface area contributed by atoms with Crippen LogP contribution in [0, 0.1) is 0 Å². The summed E-state index contributed by atoms with van der Waals surface area (Å²) in [7, 11) is 0. The number of esters is 1. The zero-order valence-electron chi connectivity index (χ0n) is 19.5. The number of aromatic hydroxyl groups is 1. The number of fused-ring (bicyclic) bond motifs is 1. The van der Waals surface area contributed by atoms with Crippen molar-refractivity contribution in [2.75, 3.05) is 0 Å². The lowest BCUT2D eigenvalue weighted by atomic mass is 9.91. The smallest absolute Gasteiger partial charge is 0.302 e. The van der Waals surface area contributed by atoms with Crippen molar-refractivity contribution in [3.05, 3.63) is 40.5 Å². The van der Waals surface area contributed by atoms with Crippen molar-refractivity contribution in [2.24, 2.45) is 0 Å². The first-order valence-corrected chi connectivity index (χ1v) is 10.8. The molecule has 1 aliphatic rings. The average Bonchev–Trinajstić information content (AvgIpc) is 2.69. The van der Waals surface area contributed by atoms with E-state index < -0.39 is 23.3 Å². The molecule has 1 aliphatic heterocycles. The van der Waals surface area contributed by atoms with Gasteiger partial charge >= 0.3 is 5.97 Å². The summed E-state index contributed by atoms with van der Waals surface area (Å²) in [5.74, 6) is -0.254. The molecule has 2 atom stereocenters. The Kier molecular flexibility index (Phi) is 8.26. The van der Waals surface area contributed by atoms with E-state index in [0.29, 0.717) is 43.1 Å². The van der Waals surface area contributed by atoms with Crippen molar-refractivity contribution in [3.8, 4) is 11.5 Å². The molecule has 0 saturated carbocycles. The molecule has 0 aromatic heterocycles. The normalized spacial score (nSPS) is 19.2. The van der Waals surface area contributed by atoms with Gasteiger partial charge in [-0.1, -0.05) is 11.6 Å². The Bertz CT molecular complexity index is 908. The second kappa shape index (κ2) is 10.3. The molecule has 3 N–H and O–H groups in total.